The van der Waals surface area contributed by atoms with Gasteiger partial charge in [-0.15, -0.1) is 0 Å². The van der Waals surface area contributed by atoms with Crippen molar-refractivity contribution < 1.29 is 19.1 Å². The van der Waals surface area contributed by atoms with Crippen LogP contribution < -0.4 is 10.1 Å². The fourth-order valence-electron chi connectivity index (χ4n) is 3.51. The highest BCUT2D eigenvalue weighted by Crippen LogP contribution is 2.28. The zero-order valence-electron chi connectivity index (χ0n) is 14.0. The van der Waals surface area contributed by atoms with Gasteiger partial charge in [0.05, 0.1) is 32.4 Å². The summed E-state index contributed by atoms with van der Waals surface area (Å²) in [7, 11) is 1.58. The largest absolute Gasteiger partial charge is 0.497 e. The predicted octanol–water partition coefficient (Wildman–Crippen LogP) is 1.59. The molecule has 0 unspecified atom stereocenters. The third-order valence-corrected chi connectivity index (χ3v) is 4.80. The van der Waals surface area contributed by atoms with E-state index in [1.165, 1.54) is 0 Å². The van der Waals surface area contributed by atoms with Gasteiger partial charge in [-0.3, -0.25) is 9.59 Å². The van der Waals surface area contributed by atoms with E-state index in [-0.39, 0.29) is 30.5 Å². The van der Waals surface area contributed by atoms with Gasteiger partial charge in [0.25, 0.3) is 5.91 Å². The molecule has 1 aromatic carbocycles. The molecule has 1 aliphatic heterocycles. The molecule has 0 radical (unpaired) electrons. The number of hydrogen-bond acceptors (Lipinski definition) is 4. The summed E-state index contributed by atoms with van der Waals surface area (Å²) in [6, 6.07) is 6.99. The van der Waals surface area contributed by atoms with Crippen LogP contribution in [0.25, 0.3) is 0 Å². The van der Waals surface area contributed by atoms with Gasteiger partial charge in [0.2, 0.25) is 5.91 Å². The van der Waals surface area contributed by atoms with Crippen LogP contribution in [0, 0.1) is 0 Å². The third kappa shape index (κ3) is 3.70. The molecule has 6 nitrogen and oxygen atoms in total. The number of amides is 2. The molecular formula is C18H24N2O4. The highest BCUT2D eigenvalue weighted by Gasteiger charge is 2.36. The van der Waals surface area contributed by atoms with E-state index in [9.17, 15) is 9.59 Å². The quantitative estimate of drug-likeness (QED) is 0.909. The lowest BCUT2D eigenvalue weighted by Crippen LogP contribution is -2.56. The molecule has 6 heteroatoms. The molecule has 2 aliphatic rings. The van der Waals surface area contributed by atoms with E-state index in [0.29, 0.717) is 24.5 Å². The first-order chi connectivity index (χ1) is 11.7. The number of nitrogens with zero attached hydrogens (tertiary/aromatic N) is 1. The summed E-state index contributed by atoms with van der Waals surface area (Å²) in [5, 5.41) is 2.72. The Hall–Kier alpha value is -2.08. The lowest BCUT2D eigenvalue weighted by molar-refractivity contribution is -0.148. The van der Waals surface area contributed by atoms with E-state index in [1.54, 1.807) is 31.4 Å². The number of benzene rings is 1. The topological polar surface area (TPSA) is 67.9 Å². The fourth-order valence-corrected chi connectivity index (χ4v) is 3.51. The Morgan fingerprint density at radius 2 is 2.00 bits per heavy atom. The smallest absolute Gasteiger partial charge is 0.251 e. The average Bonchev–Trinajstić information content (AvgIpc) is 2.65. The summed E-state index contributed by atoms with van der Waals surface area (Å²) in [5.41, 5.74) is 0.515. The molecular weight excluding hydrogens is 308 g/mol. The summed E-state index contributed by atoms with van der Waals surface area (Å²) < 4.78 is 10.9. The Labute approximate surface area is 142 Å². The number of nitrogens with one attached hydrogen (secondary N) is 1. The van der Waals surface area contributed by atoms with Crippen molar-refractivity contribution in [1.82, 2.24) is 10.2 Å². The van der Waals surface area contributed by atoms with E-state index in [1.807, 2.05) is 4.90 Å². The van der Waals surface area contributed by atoms with Gasteiger partial charge < -0.3 is 19.7 Å². The monoisotopic (exact) mass is 332 g/mol. The van der Waals surface area contributed by atoms with Crippen LogP contribution in [0.1, 0.15) is 36.0 Å². The summed E-state index contributed by atoms with van der Waals surface area (Å²) >= 11 is 0. The van der Waals surface area contributed by atoms with Gasteiger partial charge in [-0.1, -0.05) is 12.8 Å². The molecule has 2 fully saturated rings. The van der Waals surface area contributed by atoms with E-state index >= 15 is 0 Å². The van der Waals surface area contributed by atoms with Crippen LogP contribution >= 0.6 is 0 Å². The molecule has 1 N–H and O–H groups in total. The van der Waals surface area contributed by atoms with Crippen LogP contribution in [-0.2, 0) is 9.53 Å². The van der Waals surface area contributed by atoms with Gasteiger partial charge in [0.15, 0.2) is 0 Å². The molecule has 0 bridgehead atoms. The minimum absolute atomic E-state index is 0.0219. The van der Waals surface area contributed by atoms with Gasteiger partial charge in [0, 0.05) is 12.1 Å². The van der Waals surface area contributed by atoms with Crippen molar-refractivity contribution in [2.45, 2.75) is 37.8 Å². The van der Waals surface area contributed by atoms with E-state index < -0.39 is 0 Å². The summed E-state index contributed by atoms with van der Waals surface area (Å²) in [5.74, 6) is 0.413. The van der Waals surface area contributed by atoms with Crippen molar-refractivity contribution >= 4 is 11.8 Å². The maximum absolute atomic E-state index is 12.5. The zero-order chi connectivity index (χ0) is 16.9. The Balaban J connectivity index is 1.55. The average molecular weight is 332 g/mol. The summed E-state index contributed by atoms with van der Waals surface area (Å²) in [6.45, 7) is 1.21. The van der Waals surface area contributed by atoms with E-state index in [0.717, 1.165) is 25.7 Å². The number of carbonyl (C=O) groups excluding carboxylic acids is 2. The fraction of sp³-hybridized carbons (Fsp3) is 0.556. The first kappa shape index (κ1) is 16.8. The number of ether oxygens (including phenoxy) is 2. The zero-order valence-corrected chi connectivity index (χ0v) is 14.0. The number of fused-ring (bicyclic) bond motifs is 1. The number of hydrogen-bond donors (Lipinski definition) is 1. The number of methoxy groups -OCH3 is 1. The van der Waals surface area contributed by atoms with Gasteiger partial charge in [-0.2, -0.15) is 0 Å². The Bertz CT molecular complexity index is 585. The summed E-state index contributed by atoms with van der Waals surface area (Å²) in [6.07, 6.45) is 4.47. The van der Waals surface area contributed by atoms with Gasteiger partial charge in [-0.25, -0.2) is 0 Å². The van der Waals surface area contributed by atoms with E-state index in [4.69, 9.17) is 9.47 Å². The second-order valence-electron chi connectivity index (χ2n) is 6.26. The van der Waals surface area contributed by atoms with Crippen LogP contribution in [0.5, 0.6) is 5.75 Å². The lowest BCUT2D eigenvalue weighted by atomic mass is 9.90. The van der Waals surface area contributed by atoms with E-state index in [2.05, 4.69) is 5.32 Å². The third-order valence-electron chi connectivity index (χ3n) is 4.80. The molecule has 0 spiro atoms. The molecule has 1 aromatic rings. The number of morpholine rings is 1. The minimum Gasteiger partial charge on any atom is -0.497 e. The molecule has 2 atom stereocenters. The molecule has 130 valence electrons. The summed E-state index contributed by atoms with van der Waals surface area (Å²) in [4.78, 5) is 26.6. The maximum atomic E-state index is 12.5. The van der Waals surface area contributed by atoms with Crippen LogP contribution in [-0.4, -0.2) is 55.7 Å². The van der Waals surface area contributed by atoms with Crippen molar-refractivity contribution in [3.63, 3.8) is 0 Å². The molecule has 1 saturated heterocycles. The predicted molar refractivity (Wildman–Crippen MR) is 89.0 cm³/mol. The Kier molecular flexibility index (Phi) is 5.35. The normalized spacial score (nSPS) is 23.3. The maximum Gasteiger partial charge on any atom is 0.251 e. The minimum atomic E-state index is -0.251. The van der Waals surface area contributed by atoms with Crippen molar-refractivity contribution in [2.75, 3.05) is 26.8 Å². The van der Waals surface area contributed by atoms with Crippen LogP contribution in [0.4, 0.5) is 0 Å². The van der Waals surface area contributed by atoms with Crippen LogP contribution in [0.2, 0.25) is 0 Å². The molecule has 1 saturated carbocycles. The Morgan fingerprint density at radius 1 is 1.25 bits per heavy atom. The molecule has 1 heterocycles. The van der Waals surface area contributed by atoms with Crippen molar-refractivity contribution in [3.8, 4) is 5.75 Å². The number of rotatable bonds is 4. The molecule has 24 heavy (non-hydrogen) atoms. The molecule has 3 rings (SSSR count). The molecule has 0 aromatic heterocycles. The second kappa shape index (κ2) is 7.66. The standard InChI is InChI=1S/C18H24N2O4/c1-23-14-8-6-13(7-9-14)18(22)19-12-17(21)20-10-11-24-16-5-3-2-4-15(16)20/h6-9,15-16H,2-5,10-12H2,1H3,(H,19,22)/t15-,16-/m1/s1. The lowest BCUT2D eigenvalue weighted by Gasteiger charge is -2.43. The number of carbonyl (C=O) groups is 2. The van der Waals surface area contributed by atoms with Gasteiger partial charge in [-0.05, 0) is 37.1 Å². The van der Waals surface area contributed by atoms with Crippen molar-refractivity contribution in [3.05, 3.63) is 29.8 Å². The molecule has 2 amide bonds. The first-order valence-electron chi connectivity index (χ1n) is 8.52. The van der Waals surface area contributed by atoms with Gasteiger partial charge in [0.1, 0.15) is 5.75 Å². The van der Waals surface area contributed by atoms with Crippen LogP contribution in [0.3, 0.4) is 0 Å². The second-order valence-corrected chi connectivity index (χ2v) is 6.26. The van der Waals surface area contributed by atoms with Crippen molar-refractivity contribution in [2.24, 2.45) is 0 Å². The molecule has 1 aliphatic carbocycles. The first-order valence-corrected chi connectivity index (χ1v) is 8.52. The Morgan fingerprint density at radius 3 is 2.75 bits per heavy atom. The highest BCUT2D eigenvalue weighted by atomic mass is 16.5. The van der Waals surface area contributed by atoms with Crippen LogP contribution in [0.15, 0.2) is 24.3 Å². The highest BCUT2D eigenvalue weighted by molar-refractivity contribution is 5.96. The van der Waals surface area contributed by atoms with Crippen molar-refractivity contribution in [1.29, 1.82) is 0 Å². The SMILES string of the molecule is COc1ccc(C(=O)NCC(=O)N2CCO[C@@H]3CCCC[C@H]32)cc1. The van der Waals surface area contributed by atoms with Gasteiger partial charge >= 0.3 is 0 Å².